The lowest BCUT2D eigenvalue weighted by Gasteiger charge is -2.13. The normalized spacial score (nSPS) is 12.0. The first-order valence-corrected chi connectivity index (χ1v) is 8.65. The smallest absolute Gasteiger partial charge is 0.358 e. The number of aromatic carboxylic acids is 1. The van der Waals surface area contributed by atoms with Gasteiger partial charge in [-0.3, -0.25) is 0 Å². The highest BCUT2D eigenvalue weighted by atomic mass is 32.2. The van der Waals surface area contributed by atoms with Crippen LogP contribution in [0.3, 0.4) is 0 Å². The van der Waals surface area contributed by atoms with E-state index in [0.717, 1.165) is 16.2 Å². The second-order valence-corrected chi connectivity index (χ2v) is 6.43. The largest absolute Gasteiger partial charge is 0.476 e. The van der Waals surface area contributed by atoms with Gasteiger partial charge in [0.2, 0.25) is 0 Å². The lowest BCUT2D eigenvalue weighted by molar-refractivity contribution is 0.0684. The molecule has 0 aliphatic rings. The average Bonchev–Trinajstić information content (AvgIpc) is 3.12. The molecule has 3 rings (SSSR count). The highest BCUT2D eigenvalue weighted by molar-refractivity contribution is 7.98. The number of carbonyl (C=O) groups is 1. The highest BCUT2D eigenvalue weighted by Crippen LogP contribution is 2.30. The number of carboxylic acids is 1. The number of hydrogen-bond acceptors (Lipinski definition) is 5. The van der Waals surface area contributed by atoms with E-state index >= 15 is 0 Å². The minimum absolute atomic E-state index is 0.133. The van der Waals surface area contributed by atoms with Crippen molar-refractivity contribution in [2.45, 2.75) is 16.8 Å². The SMILES string of the molecule is COC(c1cccc(SCc2ccccc2)c1)c1cc(C(=O)O)no1. The monoisotopic (exact) mass is 355 g/mol. The number of benzene rings is 2. The third-order valence-electron chi connectivity index (χ3n) is 3.65. The van der Waals surface area contributed by atoms with Crippen molar-refractivity contribution in [1.29, 1.82) is 0 Å². The first-order valence-electron chi connectivity index (χ1n) is 7.67. The van der Waals surface area contributed by atoms with Crippen LogP contribution in [0.15, 0.2) is 70.1 Å². The van der Waals surface area contributed by atoms with Crippen molar-refractivity contribution in [3.8, 4) is 0 Å². The summed E-state index contributed by atoms with van der Waals surface area (Å²) < 4.78 is 10.6. The van der Waals surface area contributed by atoms with Crippen LogP contribution < -0.4 is 0 Å². The Bertz CT molecular complexity index is 847. The summed E-state index contributed by atoms with van der Waals surface area (Å²) in [4.78, 5) is 12.1. The third kappa shape index (κ3) is 4.29. The van der Waals surface area contributed by atoms with Gasteiger partial charge in [0.15, 0.2) is 11.5 Å². The standard InChI is InChI=1S/C19H17NO4S/c1-23-18(17-11-16(19(21)22)20-24-17)14-8-5-9-15(10-14)25-12-13-6-3-2-4-7-13/h2-11,18H,12H2,1H3,(H,21,22). The predicted molar refractivity (Wildman–Crippen MR) is 94.8 cm³/mol. The molecule has 1 aromatic heterocycles. The molecule has 1 atom stereocenters. The molecule has 2 aromatic carbocycles. The van der Waals surface area contributed by atoms with Crippen LogP contribution in [0.2, 0.25) is 0 Å². The number of rotatable bonds is 7. The maximum absolute atomic E-state index is 11.0. The Morgan fingerprint density at radius 1 is 1.20 bits per heavy atom. The Kier molecular flexibility index (Phi) is 5.53. The van der Waals surface area contributed by atoms with Gasteiger partial charge in [-0.25, -0.2) is 4.79 Å². The molecule has 128 valence electrons. The Labute approximate surface area is 149 Å². The molecule has 1 unspecified atom stereocenters. The van der Waals surface area contributed by atoms with Crippen LogP contribution in [-0.4, -0.2) is 23.3 Å². The number of nitrogens with zero attached hydrogens (tertiary/aromatic N) is 1. The molecule has 5 nitrogen and oxygen atoms in total. The van der Waals surface area contributed by atoms with E-state index in [4.69, 9.17) is 14.4 Å². The fraction of sp³-hybridized carbons (Fsp3) is 0.158. The van der Waals surface area contributed by atoms with Crippen molar-refractivity contribution >= 4 is 17.7 Å². The second kappa shape index (κ2) is 8.00. The van der Waals surface area contributed by atoms with E-state index < -0.39 is 12.1 Å². The first-order chi connectivity index (χ1) is 12.2. The van der Waals surface area contributed by atoms with Gasteiger partial charge < -0.3 is 14.4 Å². The van der Waals surface area contributed by atoms with Crippen molar-refractivity contribution in [3.63, 3.8) is 0 Å². The number of ether oxygens (including phenoxy) is 1. The molecule has 0 saturated heterocycles. The number of thioether (sulfide) groups is 1. The Balaban J connectivity index is 1.77. The van der Waals surface area contributed by atoms with Crippen LogP contribution in [-0.2, 0) is 10.5 Å². The maximum Gasteiger partial charge on any atom is 0.358 e. The number of hydrogen-bond donors (Lipinski definition) is 1. The summed E-state index contributed by atoms with van der Waals surface area (Å²) in [6, 6.07) is 19.5. The van der Waals surface area contributed by atoms with Crippen molar-refractivity contribution in [1.82, 2.24) is 5.16 Å². The maximum atomic E-state index is 11.0. The average molecular weight is 355 g/mol. The Morgan fingerprint density at radius 2 is 2.00 bits per heavy atom. The molecule has 1 heterocycles. The van der Waals surface area contributed by atoms with Gasteiger partial charge in [0.25, 0.3) is 0 Å². The molecule has 0 saturated carbocycles. The summed E-state index contributed by atoms with van der Waals surface area (Å²) >= 11 is 1.72. The van der Waals surface area contributed by atoms with Gasteiger partial charge in [0.1, 0.15) is 6.10 Å². The lowest BCUT2D eigenvalue weighted by atomic mass is 10.1. The first kappa shape index (κ1) is 17.3. The van der Waals surface area contributed by atoms with E-state index in [2.05, 4.69) is 17.3 Å². The van der Waals surface area contributed by atoms with E-state index in [1.807, 2.05) is 42.5 Å². The van der Waals surface area contributed by atoms with Crippen molar-refractivity contribution < 1.29 is 19.2 Å². The summed E-state index contributed by atoms with van der Waals surface area (Å²) in [7, 11) is 1.55. The van der Waals surface area contributed by atoms with Crippen molar-refractivity contribution in [2.75, 3.05) is 7.11 Å². The van der Waals surface area contributed by atoms with E-state index in [1.54, 1.807) is 18.9 Å². The molecule has 1 N–H and O–H groups in total. The molecular weight excluding hydrogens is 338 g/mol. The fourth-order valence-corrected chi connectivity index (χ4v) is 3.36. The zero-order valence-corrected chi connectivity index (χ0v) is 14.4. The zero-order valence-electron chi connectivity index (χ0n) is 13.6. The van der Waals surface area contributed by atoms with E-state index in [-0.39, 0.29) is 5.69 Å². The molecule has 0 fully saturated rings. The van der Waals surface area contributed by atoms with Gasteiger partial charge in [0.05, 0.1) is 0 Å². The van der Waals surface area contributed by atoms with E-state index in [1.165, 1.54) is 11.6 Å². The van der Waals surface area contributed by atoms with Crippen LogP contribution in [0.1, 0.15) is 33.5 Å². The van der Waals surface area contributed by atoms with Crippen LogP contribution >= 0.6 is 11.8 Å². The van der Waals surface area contributed by atoms with Gasteiger partial charge in [-0.05, 0) is 23.3 Å². The third-order valence-corrected chi connectivity index (χ3v) is 4.72. The molecule has 25 heavy (non-hydrogen) atoms. The Hall–Kier alpha value is -2.57. The quantitative estimate of drug-likeness (QED) is 0.633. The summed E-state index contributed by atoms with van der Waals surface area (Å²) in [5.74, 6) is 0.107. The topological polar surface area (TPSA) is 72.6 Å². The number of aromatic nitrogens is 1. The summed E-state index contributed by atoms with van der Waals surface area (Å²) in [5.41, 5.74) is 2.00. The van der Waals surface area contributed by atoms with Gasteiger partial charge in [-0.1, -0.05) is 47.6 Å². The minimum Gasteiger partial charge on any atom is -0.476 e. The highest BCUT2D eigenvalue weighted by Gasteiger charge is 2.21. The summed E-state index contributed by atoms with van der Waals surface area (Å²) in [6.45, 7) is 0. The van der Waals surface area contributed by atoms with E-state index in [0.29, 0.717) is 5.76 Å². The molecule has 0 bridgehead atoms. The minimum atomic E-state index is -1.13. The van der Waals surface area contributed by atoms with Gasteiger partial charge in [0, 0.05) is 23.8 Å². The Morgan fingerprint density at radius 3 is 2.68 bits per heavy atom. The molecule has 0 aliphatic carbocycles. The van der Waals surface area contributed by atoms with Gasteiger partial charge in [-0.15, -0.1) is 11.8 Å². The second-order valence-electron chi connectivity index (χ2n) is 5.38. The molecule has 0 amide bonds. The molecule has 0 aliphatic heterocycles. The predicted octanol–water partition coefficient (Wildman–Crippen LogP) is 4.40. The summed E-state index contributed by atoms with van der Waals surface area (Å²) in [5, 5.41) is 12.5. The van der Waals surface area contributed by atoms with Crippen molar-refractivity contribution in [3.05, 3.63) is 83.2 Å². The van der Waals surface area contributed by atoms with Crippen molar-refractivity contribution in [2.24, 2.45) is 0 Å². The number of methoxy groups -OCH3 is 1. The molecular formula is C19H17NO4S. The van der Waals surface area contributed by atoms with Gasteiger partial charge in [-0.2, -0.15) is 0 Å². The van der Waals surface area contributed by atoms with Crippen LogP contribution in [0.5, 0.6) is 0 Å². The molecule has 0 radical (unpaired) electrons. The summed E-state index contributed by atoms with van der Waals surface area (Å²) in [6.07, 6.45) is -0.502. The molecule has 6 heteroatoms. The fourth-order valence-electron chi connectivity index (χ4n) is 2.44. The van der Waals surface area contributed by atoms with E-state index in [9.17, 15) is 4.79 Å². The zero-order chi connectivity index (χ0) is 17.6. The number of carboxylic acid groups (broad SMARTS) is 1. The van der Waals surface area contributed by atoms with Crippen LogP contribution in [0.25, 0.3) is 0 Å². The molecule has 0 spiro atoms. The lowest BCUT2D eigenvalue weighted by Crippen LogP contribution is -2.02. The van der Waals surface area contributed by atoms with Gasteiger partial charge >= 0.3 is 5.97 Å². The van der Waals surface area contributed by atoms with Crippen LogP contribution in [0, 0.1) is 0 Å². The van der Waals surface area contributed by atoms with Crippen LogP contribution in [0.4, 0.5) is 0 Å². The molecule has 3 aromatic rings.